The zero-order valence-corrected chi connectivity index (χ0v) is 20.0. The molecule has 0 saturated heterocycles. The fourth-order valence-corrected chi connectivity index (χ4v) is 4.40. The van der Waals surface area contributed by atoms with Gasteiger partial charge in [0.15, 0.2) is 5.65 Å². The number of primary amides is 1. The van der Waals surface area contributed by atoms with E-state index in [-0.39, 0.29) is 11.5 Å². The number of nitrogens with zero attached hydrogens (tertiary/aromatic N) is 4. The number of nitrogens with one attached hydrogen (secondary N) is 2. The Hall–Kier alpha value is -3.37. The van der Waals surface area contributed by atoms with E-state index in [0.717, 1.165) is 37.8 Å². The van der Waals surface area contributed by atoms with Crippen molar-refractivity contribution in [3.63, 3.8) is 0 Å². The molecule has 0 aliphatic heterocycles. The van der Waals surface area contributed by atoms with E-state index < -0.39 is 23.2 Å². The van der Waals surface area contributed by atoms with E-state index in [1.165, 1.54) is 12.1 Å². The number of carbonyl (C=O) groups is 1. The summed E-state index contributed by atoms with van der Waals surface area (Å²) in [5.41, 5.74) is 5.18. The van der Waals surface area contributed by atoms with Crippen LogP contribution in [0.1, 0.15) is 64.9 Å². The number of aromatic nitrogens is 4. The number of benzene rings is 1. The van der Waals surface area contributed by atoms with Gasteiger partial charge in [-0.2, -0.15) is 18.2 Å². The molecule has 188 valence electrons. The fraction of sp³-hybridized carbons (Fsp3) is 0.500. The minimum absolute atomic E-state index is 0.258. The van der Waals surface area contributed by atoms with Crippen molar-refractivity contribution in [2.75, 3.05) is 10.6 Å². The van der Waals surface area contributed by atoms with E-state index in [1.54, 1.807) is 10.8 Å². The van der Waals surface area contributed by atoms with Crippen LogP contribution in [0.15, 0.2) is 30.5 Å². The normalized spacial score (nSPS) is 16.3. The number of carbonyl (C=O) groups excluding carboxylic acids is 1. The number of hydrogen-bond donors (Lipinski definition) is 3. The molecule has 3 aromatic rings. The summed E-state index contributed by atoms with van der Waals surface area (Å²) in [7, 11) is 0. The Balaban J connectivity index is 1.84. The molecule has 4 N–H and O–H groups in total. The van der Waals surface area contributed by atoms with Crippen molar-refractivity contribution >= 4 is 34.7 Å². The van der Waals surface area contributed by atoms with E-state index in [2.05, 4.69) is 20.6 Å². The van der Waals surface area contributed by atoms with Crippen LogP contribution in [-0.2, 0) is 16.5 Å². The number of anilines is 3. The molecule has 4 rings (SSSR count). The molecular formula is C24H30F3N7O. The summed E-state index contributed by atoms with van der Waals surface area (Å²) in [6.07, 6.45) is 1.60. The van der Waals surface area contributed by atoms with E-state index in [9.17, 15) is 18.0 Å². The molecule has 0 spiro atoms. The minimum atomic E-state index is -4.44. The number of alkyl halides is 3. The second-order valence-corrected chi connectivity index (χ2v) is 9.69. The van der Waals surface area contributed by atoms with E-state index in [4.69, 9.17) is 10.7 Å². The number of fused-ring (bicyclic) bond motifs is 1. The molecule has 0 unspecified atom stereocenters. The molecule has 1 aliphatic carbocycles. The van der Waals surface area contributed by atoms with Crippen LogP contribution in [0.5, 0.6) is 0 Å². The summed E-state index contributed by atoms with van der Waals surface area (Å²) in [6, 6.07) is 4.64. The lowest BCUT2D eigenvalue weighted by Gasteiger charge is -2.36. The van der Waals surface area contributed by atoms with Crippen LogP contribution in [0, 0.1) is 0 Å². The molecule has 1 aromatic carbocycles. The first-order valence-corrected chi connectivity index (χ1v) is 11.7. The van der Waals surface area contributed by atoms with Gasteiger partial charge in [-0.15, -0.1) is 0 Å². The van der Waals surface area contributed by atoms with E-state index >= 15 is 0 Å². The number of halogens is 3. The van der Waals surface area contributed by atoms with Crippen LogP contribution in [-0.4, -0.2) is 31.0 Å². The third-order valence-corrected chi connectivity index (χ3v) is 6.77. The average Bonchev–Trinajstić information content (AvgIpc) is 3.16. The smallest absolute Gasteiger partial charge is 0.368 e. The molecule has 1 saturated carbocycles. The van der Waals surface area contributed by atoms with Crippen molar-refractivity contribution in [1.29, 1.82) is 0 Å². The highest BCUT2D eigenvalue weighted by molar-refractivity contribution is 5.87. The summed E-state index contributed by atoms with van der Waals surface area (Å²) in [5.74, 6) is 0.178. The van der Waals surface area contributed by atoms with Crippen LogP contribution >= 0.6 is 0 Å². The van der Waals surface area contributed by atoms with Gasteiger partial charge in [0.05, 0.1) is 11.8 Å². The van der Waals surface area contributed by atoms with Gasteiger partial charge in [-0.05, 0) is 57.4 Å². The monoisotopic (exact) mass is 489 g/mol. The van der Waals surface area contributed by atoms with Gasteiger partial charge in [-0.25, -0.2) is 9.97 Å². The maximum atomic E-state index is 13.0. The van der Waals surface area contributed by atoms with Gasteiger partial charge in [-0.1, -0.05) is 26.2 Å². The third kappa shape index (κ3) is 4.89. The predicted octanol–water partition coefficient (Wildman–Crippen LogP) is 5.33. The van der Waals surface area contributed by atoms with Crippen LogP contribution in [0.4, 0.5) is 30.8 Å². The zero-order valence-electron chi connectivity index (χ0n) is 20.0. The number of amides is 1. The van der Waals surface area contributed by atoms with Crippen LogP contribution in [0.3, 0.4) is 0 Å². The molecule has 2 aromatic heterocycles. The van der Waals surface area contributed by atoms with Crippen LogP contribution in [0.2, 0.25) is 0 Å². The van der Waals surface area contributed by atoms with Gasteiger partial charge in [0.2, 0.25) is 17.8 Å². The molecule has 1 aliphatic rings. The molecule has 0 radical (unpaired) electrons. The second-order valence-electron chi connectivity index (χ2n) is 9.69. The Labute approximate surface area is 201 Å². The second kappa shape index (κ2) is 9.01. The van der Waals surface area contributed by atoms with Crippen molar-refractivity contribution in [1.82, 2.24) is 19.5 Å². The quantitative estimate of drug-likeness (QED) is 0.414. The Kier molecular flexibility index (Phi) is 6.37. The first-order chi connectivity index (χ1) is 16.4. The number of nitrogens with two attached hydrogens (primary N) is 1. The fourth-order valence-electron chi connectivity index (χ4n) is 4.40. The summed E-state index contributed by atoms with van der Waals surface area (Å²) in [5, 5.41) is 6.39. The van der Waals surface area contributed by atoms with Gasteiger partial charge in [0.25, 0.3) is 0 Å². The SMILES string of the molecule is CCC(C)(C)Nc1ncc2nc(Nc3ccc(C(F)(F)F)cc3)n(C3(C(N)=O)CCCCC3)c2n1. The number of hydrogen-bond acceptors (Lipinski definition) is 6. The molecule has 35 heavy (non-hydrogen) atoms. The van der Waals surface area contributed by atoms with E-state index in [0.29, 0.717) is 35.6 Å². The molecule has 8 nitrogen and oxygen atoms in total. The summed E-state index contributed by atoms with van der Waals surface area (Å²) >= 11 is 0. The Bertz CT molecular complexity index is 1210. The van der Waals surface area contributed by atoms with Gasteiger partial charge >= 0.3 is 6.18 Å². The van der Waals surface area contributed by atoms with Gasteiger partial charge in [0.1, 0.15) is 11.1 Å². The maximum absolute atomic E-state index is 13.0. The lowest BCUT2D eigenvalue weighted by atomic mass is 9.80. The molecule has 11 heteroatoms. The van der Waals surface area contributed by atoms with Crippen LogP contribution < -0.4 is 16.4 Å². The Morgan fingerprint density at radius 2 is 1.77 bits per heavy atom. The van der Waals surface area contributed by atoms with Crippen molar-refractivity contribution in [3.8, 4) is 0 Å². The summed E-state index contributed by atoms with van der Waals surface area (Å²) in [4.78, 5) is 26.6. The number of imidazole rings is 1. The highest BCUT2D eigenvalue weighted by atomic mass is 19.4. The highest BCUT2D eigenvalue weighted by Gasteiger charge is 2.43. The lowest BCUT2D eigenvalue weighted by Crippen LogP contribution is -2.48. The highest BCUT2D eigenvalue weighted by Crippen LogP contribution is 2.40. The minimum Gasteiger partial charge on any atom is -0.368 e. The topological polar surface area (TPSA) is 111 Å². The van der Waals surface area contributed by atoms with E-state index in [1.807, 2.05) is 20.8 Å². The summed E-state index contributed by atoms with van der Waals surface area (Å²) in [6.45, 7) is 6.11. The first kappa shape index (κ1) is 24.7. The van der Waals surface area contributed by atoms with Gasteiger partial charge in [-0.3, -0.25) is 9.36 Å². The van der Waals surface area contributed by atoms with Gasteiger partial charge in [0, 0.05) is 11.2 Å². The first-order valence-electron chi connectivity index (χ1n) is 11.7. The number of rotatable bonds is 7. The largest absolute Gasteiger partial charge is 0.416 e. The van der Waals surface area contributed by atoms with Crippen molar-refractivity contribution in [2.45, 2.75) is 76.6 Å². The molecule has 0 bridgehead atoms. The lowest BCUT2D eigenvalue weighted by molar-refractivity contribution is -0.137. The average molecular weight is 490 g/mol. The predicted molar refractivity (Wildman–Crippen MR) is 128 cm³/mol. The van der Waals surface area contributed by atoms with Crippen molar-refractivity contribution in [2.24, 2.45) is 5.73 Å². The molecule has 0 atom stereocenters. The molecular weight excluding hydrogens is 459 g/mol. The van der Waals surface area contributed by atoms with Gasteiger partial charge < -0.3 is 16.4 Å². The standard InChI is InChI=1S/C24H30F3N7O/c1-4-22(2,3)33-20-29-14-17-18(32-20)34(23(19(28)35)12-6-5-7-13-23)21(31-17)30-16-10-8-15(9-11-16)24(25,26)27/h8-11,14H,4-7,12-13H2,1-3H3,(H2,28,35)(H,30,31)(H,29,32,33). The summed E-state index contributed by atoms with van der Waals surface area (Å²) < 4.78 is 40.7. The zero-order chi connectivity index (χ0) is 25.4. The molecule has 2 heterocycles. The third-order valence-electron chi connectivity index (χ3n) is 6.77. The molecule has 1 fully saturated rings. The van der Waals surface area contributed by atoms with Crippen molar-refractivity contribution < 1.29 is 18.0 Å². The Morgan fingerprint density at radius 3 is 2.34 bits per heavy atom. The van der Waals surface area contributed by atoms with Crippen molar-refractivity contribution in [3.05, 3.63) is 36.0 Å². The maximum Gasteiger partial charge on any atom is 0.416 e. The Morgan fingerprint density at radius 1 is 1.11 bits per heavy atom. The molecule has 1 amide bonds. The van der Waals surface area contributed by atoms with Crippen LogP contribution in [0.25, 0.3) is 11.2 Å².